The number of hydrogen-bond acceptors (Lipinski definition) is 3. The molecule has 1 saturated heterocycles. The largest absolute Gasteiger partial charge is 0.507 e. The number of phenolic OH excluding ortho intramolecular Hbond substituents is 1. The monoisotopic (exact) mass is 375 g/mol. The van der Waals surface area contributed by atoms with Gasteiger partial charge in [0.1, 0.15) is 17.5 Å². The second kappa shape index (κ2) is 8.44. The molecule has 28 heavy (non-hydrogen) atoms. The lowest BCUT2D eigenvalue weighted by atomic mass is 10.0. The molecule has 0 aliphatic carbocycles. The number of methoxy groups -OCH3 is 1. The first kappa shape index (κ1) is 18.5. The maximum absolute atomic E-state index is 10.4. The molecule has 0 saturated carbocycles. The molecule has 144 valence electrons. The first-order valence-electron chi connectivity index (χ1n) is 9.95. The van der Waals surface area contributed by atoms with Gasteiger partial charge in [-0.05, 0) is 29.0 Å². The molecule has 0 aromatic heterocycles. The smallest absolute Gasteiger partial charge is 0.133 e. The van der Waals surface area contributed by atoms with Gasteiger partial charge in [0.05, 0.1) is 26.7 Å². The number of fused-ring (bicyclic) bond motifs is 1. The number of aromatic hydroxyl groups is 1. The van der Waals surface area contributed by atoms with Crippen LogP contribution in [-0.4, -0.2) is 38.1 Å². The molecule has 0 spiro atoms. The summed E-state index contributed by atoms with van der Waals surface area (Å²) in [6, 6.07) is 20.4. The number of phenols is 1. The lowest BCUT2D eigenvalue weighted by Gasteiger charge is -2.24. The lowest BCUT2D eigenvalue weighted by molar-refractivity contribution is -0.918. The van der Waals surface area contributed by atoms with E-state index in [2.05, 4.69) is 24.3 Å². The summed E-state index contributed by atoms with van der Waals surface area (Å²) in [4.78, 5) is 6.36. The van der Waals surface area contributed by atoms with Crippen LogP contribution in [0.25, 0.3) is 10.8 Å². The first-order chi connectivity index (χ1) is 13.8. The Kier molecular flexibility index (Phi) is 5.58. The van der Waals surface area contributed by atoms with Gasteiger partial charge in [0.25, 0.3) is 0 Å². The van der Waals surface area contributed by atoms with E-state index in [-0.39, 0.29) is 5.75 Å². The topological polar surface area (TPSA) is 46.3 Å². The molecule has 1 atom stereocenters. The van der Waals surface area contributed by atoms with Crippen molar-refractivity contribution in [3.05, 3.63) is 71.8 Å². The van der Waals surface area contributed by atoms with Crippen LogP contribution in [0.1, 0.15) is 30.0 Å². The predicted molar refractivity (Wildman–Crippen MR) is 114 cm³/mol. The Bertz CT molecular complexity index is 977. The Balaban J connectivity index is 1.62. The number of benzene rings is 3. The van der Waals surface area contributed by atoms with Crippen molar-refractivity contribution in [1.29, 1.82) is 0 Å². The van der Waals surface area contributed by atoms with Crippen molar-refractivity contribution in [3.8, 4) is 11.5 Å². The van der Waals surface area contributed by atoms with Crippen LogP contribution in [-0.2, 0) is 0 Å². The third-order valence-corrected chi connectivity index (χ3v) is 5.69. The van der Waals surface area contributed by atoms with Crippen LogP contribution < -0.4 is 9.64 Å². The van der Waals surface area contributed by atoms with Gasteiger partial charge in [-0.3, -0.25) is 4.99 Å². The molecule has 1 aliphatic rings. The van der Waals surface area contributed by atoms with E-state index in [1.807, 2.05) is 36.5 Å². The van der Waals surface area contributed by atoms with Crippen molar-refractivity contribution < 1.29 is 14.7 Å². The van der Waals surface area contributed by atoms with Gasteiger partial charge in [0.15, 0.2) is 0 Å². The third kappa shape index (κ3) is 3.87. The maximum Gasteiger partial charge on any atom is 0.133 e. The van der Waals surface area contributed by atoms with Crippen LogP contribution in [0.5, 0.6) is 11.5 Å². The average molecular weight is 375 g/mol. The minimum Gasteiger partial charge on any atom is -0.507 e. The molecular formula is C24H27N2O2+. The van der Waals surface area contributed by atoms with E-state index in [1.54, 1.807) is 18.1 Å². The van der Waals surface area contributed by atoms with E-state index >= 15 is 0 Å². The lowest BCUT2D eigenvalue weighted by Crippen LogP contribution is -3.10. The van der Waals surface area contributed by atoms with E-state index in [0.717, 1.165) is 22.1 Å². The highest BCUT2D eigenvalue weighted by atomic mass is 16.5. The first-order valence-corrected chi connectivity index (χ1v) is 9.95. The minimum atomic E-state index is 0.272. The Hall–Kier alpha value is -2.85. The molecule has 0 bridgehead atoms. The van der Waals surface area contributed by atoms with Gasteiger partial charge in [0, 0.05) is 30.2 Å². The fourth-order valence-electron chi connectivity index (χ4n) is 4.18. The maximum atomic E-state index is 10.4. The summed E-state index contributed by atoms with van der Waals surface area (Å²) < 4.78 is 5.42. The molecule has 2 N–H and O–H groups in total. The molecule has 3 aromatic carbocycles. The Morgan fingerprint density at radius 3 is 2.71 bits per heavy atom. The van der Waals surface area contributed by atoms with Crippen LogP contribution in [0.2, 0.25) is 0 Å². The normalized spacial score (nSPS) is 16.0. The zero-order valence-electron chi connectivity index (χ0n) is 16.3. The molecule has 4 nitrogen and oxygen atoms in total. The van der Waals surface area contributed by atoms with Crippen molar-refractivity contribution in [2.45, 2.75) is 18.9 Å². The number of aliphatic imine (C=N–C) groups is 1. The zero-order chi connectivity index (χ0) is 19.3. The van der Waals surface area contributed by atoms with E-state index < -0.39 is 0 Å². The molecule has 1 aliphatic heterocycles. The van der Waals surface area contributed by atoms with Gasteiger partial charge in [-0.15, -0.1) is 0 Å². The second-order valence-corrected chi connectivity index (χ2v) is 7.41. The van der Waals surface area contributed by atoms with Gasteiger partial charge >= 0.3 is 0 Å². The van der Waals surface area contributed by atoms with E-state index in [0.29, 0.717) is 12.6 Å². The van der Waals surface area contributed by atoms with Crippen LogP contribution in [0.15, 0.2) is 65.7 Å². The predicted octanol–water partition coefficient (Wildman–Crippen LogP) is 3.39. The second-order valence-electron chi connectivity index (χ2n) is 7.41. The van der Waals surface area contributed by atoms with Gasteiger partial charge in [-0.1, -0.05) is 42.5 Å². The molecule has 4 heteroatoms. The Morgan fingerprint density at radius 1 is 1.07 bits per heavy atom. The van der Waals surface area contributed by atoms with Gasteiger partial charge in [-0.25, -0.2) is 0 Å². The van der Waals surface area contributed by atoms with Gasteiger partial charge < -0.3 is 14.7 Å². The number of ether oxygens (including phenoxy) is 1. The Labute approximate surface area is 166 Å². The van der Waals surface area contributed by atoms with Crippen LogP contribution in [0.4, 0.5) is 0 Å². The number of quaternary nitrogens is 1. The third-order valence-electron chi connectivity index (χ3n) is 5.69. The number of rotatable bonds is 6. The summed E-state index contributed by atoms with van der Waals surface area (Å²) in [5.41, 5.74) is 2.05. The van der Waals surface area contributed by atoms with Crippen LogP contribution in [0, 0.1) is 0 Å². The van der Waals surface area contributed by atoms with Gasteiger partial charge in [-0.2, -0.15) is 0 Å². The molecular weight excluding hydrogens is 348 g/mol. The summed E-state index contributed by atoms with van der Waals surface area (Å²) in [5, 5.41) is 12.5. The highest BCUT2D eigenvalue weighted by Gasteiger charge is 2.27. The van der Waals surface area contributed by atoms with E-state index in [9.17, 15) is 5.11 Å². The fraction of sp³-hybridized carbons (Fsp3) is 0.292. The van der Waals surface area contributed by atoms with E-state index in [4.69, 9.17) is 9.73 Å². The van der Waals surface area contributed by atoms with Crippen LogP contribution in [0.3, 0.4) is 0 Å². The van der Waals surface area contributed by atoms with E-state index in [1.165, 1.54) is 31.5 Å². The standard InChI is InChI=1S/C24H26N2O2/c1-28-20-9-6-8-19(15-20)23(26-13-4-5-14-26)17-25-16-22-21-10-3-2-7-18(21)11-12-24(22)27/h2-3,6-12,15-16,23,27H,4-5,13-14,17H2,1H3/p+1/t23-/m0/s1. The molecule has 0 radical (unpaired) electrons. The van der Waals surface area contributed by atoms with Gasteiger partial charge in [0.2, 0.25) is 0 Å². The number of nitrogens with zero attached hydrogens (tertiary/aromatic N) is 1. The average Bonchev–Trinajstić information content (AvgIpc) is 3.27. The molecule has 3 aromatic rings. The quantitative estimate of drug-likeness (QED) is 0.649. The van der Waals surface area contributed by atoms with Crippen LogP contribution >= 0.6 is 0 Å². The summed E-state index contributed by atoms with van der Waals surface area (Å²) in [7, 11) is 1.71. The highest BCUT2D eigenvalue weighted by Crippen LogP contribution is 2.26. The molecule has 1 heterocycles. The highest BCUT2D eigenvalue weighted by molar-refractivity contribution is 6.02. The van der Waals surface area contributed by atoms with Crippen molar-refractivity contribution in [3.63, 3.8) is 0 Å². The number of likely N-dealkylation sites (tertiary alicyclic amines) is 1. The summed E-state index contributed by atoms with van der Waals surface area (Å²) in [6.07, 6.45) is 4.37. The summed E-state index contributed by atoms with van der Waals surface area (Å²) >= 11 is 0. The van der Waals surface area contributed by atoms with Crippen molar-refractivity contribution >= 4 is 17.0 Å². The van der Waals surface area contributed by atoms with Crippen molar-refractivity contribution in [1.82, 2.24) is 0 Å². The molecule has 4 rings (SSSR count). The van der Waals surface area contributed by atoms with Crippen molar-refractivity contribution in [2.75, 3.05) is 26.7 Å². The Morgan fingerprint density at radius 2 is 1.89 bits per heavy atom. The number of hydrogen-bond donors (Lipinski definition) is 2. The summed E-state index contributed by atoms with van der Waals surface area (Å²) in [5.74, 6) is 1.16. The fourth-order valence-corrected chi connectivity index (χ4v) is 4.18. The molecule has 1 fully saturated rings. The minimum absolute atomic E-state index is 0.272. The van der Waals surface area contributed by atoms with Crippen molar-refractivity contribution in [2.24, 2.45) is 4.99 Å². The summed E-state index contributed by atoms with van der Waals surface area (Å²) in [6.45, 7) is 3.04. The molecule has 0 unspecified atom stereocenters. The SMILES string of the molecule is COc1cccc([C@H](CN=Cc2c(O)ccc3ccccc23)[NH+]2CCCC2)c1. The molecule has 0 amide bonds. The number of nitrogens with one attached hydrogen (secondary N) is 1. The zero-order valence-corrected chi connectivity index (χ0v) is 16.3.